The number of rotatable bonds is 2. The zero-order valence-corrected chi connectivity index (χ0v) is 11.2. The highest BCUT2D eigenvalue weighted by molar-refractivity contribution is 5.72. The molecular weight excluding hydrogens is 259 g/mol. The second-order valence-corrected chi connectivity index (χ2v) is 4.93. The summed E-state index contributed by atoms with van der Waals surface area (Å²) >= 11 is 0. The van der Waals surface area contributed by atoms with Gasteiger partial charge in [0.2, 0.25) is 0 Å². The minimum Gasteiger partial charge on any atom is -0.469 e. The molecule has 0 saturated carbocycles. The Hall–Kier alpha value is -2.17. The molecule has 0 amide bonds. The first kappa shape index (κ1) is 12.8. The minimum atomic E-state index is -0.285. The summed E-state index contributed by atoms with van der Waals surface area (Å²) in [6.07, 6.45) is 3.12. The zero-order chi connectivity index (χ0) is 14.1. The normalized spacial score (nSPS) is 17.6. The van der Waals surface area contributed by atoms with Crippen LogP contribution in [0.4, 0.5) is 4.39 Å². The van der Waals surface area contributed by atoms with Crippen molar-refractivity contribution in [3.8, 4) is 11.3 Å². The lowest BCUT2D eigenvalue weighted by Crippen LogP contribution is -2.26. The Balaban J connectivity index is 1.91. The Labute approximate surface area is 116 Å². The van der Waals surface area contributed by atoms with E-state index in [0.29, 0.717) is 24.2 Å². The van der Waals surface area contributed by atoms with Gasteiger partial charge in [0.15, 0.2) is 0 Å². The fraction of sp³-hybridized carbons (Fsp3) is 0.333. The van der Waals surface area contributed by atoms with Crippen molar-refractivity contribution >= 4 is 5.97 Å². The number of hydrogen-bond acceptors (Lipinski definition) is 3. The van der Waals surface area contributed by atoms with Crippen molar-refractivity contribution < 1.29 is 13.9 Å². The van der Waals surface area contributed by atoms with Crippen LogP contribution < -0.4 is 0 Å². The van der Waals surface area contributed by atoms with Gasteiger partial charge in [0, 0.05) is 24.7 Å². The van der Waals surface area contributed by atoms with Crippen LogP contribution in [0.15, 0.2) is 30.5 Å². The van der Waals surface area contributed by atoms with E-state index in [0.717, 1.165) is 12.2 Å². The van der Waals surface area contributed by atoms with Gasteiger partial charge in [-0.3, -0.25) is 4.79 Å². The van der Waals surface area contributed by atoms with Gasteiger partial charge in [-0.2, -0.15) is 0 Å². The van der Waals surface area contributed by atoms with E-state index >= 15 is 0 Å². The SMILES string of the molecule is COC(=O)C1CCn2cc(-c3ccccc3F)nc2C1. The number of halogens is 1. The van der Waals surface area contributed by atoms with Gasteiger partial charge in [-0.15, -0.1) is 0 Å². The molecule has 1 unspecified atom stereocenters. The molecule has 1 aliphatic heterocycles. The van der Waals surface area contributed by atoms with Gasteiger partial charge >= 0.3 is 5.97 Å². The quantitative estimate of drug-likeness (QED) is 0.790. The molecule has 0 bridgehead atoms. The predicted octanol–water partition coefficient (Wildman–Crippen LogP) is 2.42. The van der Waals surface area contributed by atoms with Crippen LogP contribution in [0.5, 0.6) is 0 Å². The molecular formula is C15H15FN2O2. The summed E-state index contributed by atoms with van der Waals surface area (Å²) in [6, 6.07) is 6.57. The van der Waals surface area contributed by atoms with Gasteiger partial charge in [-0.05, 0) is 18.6 Å². The highest BCUT2D eigenvalue weighted by Gasteiger charge is 2.27. The standard InChI is InChI=1S/C15H15FN2O2/c1-20-15(19)10-6-7-18-9-13(17-14(18)8-10)11-4-2-3-5-12(11)16/h2-5,9-10H,6-8H2,1H3. The molecule has 104 valence electrons. The Kier molecular flexibility index (Phi) is 3.26. The largest absolute Gasteiger partial charge is 0.469 e. The first-order valence-electron chi connectivity index (χ1n) is 6.58. The van der Waals surface area contributed by atoms with E-state index in [9.17, 15) is 9.18 Å². The molecule has 2 heterocycles. The highest BCUT2D eigenvalue weighted by atomic mass is 19.1. The molecule has 0 fully saturated rings. The number of fused-ring (bicyclic) bond motifs is 1. The topological polar surface area (TPSA) is 44.1 Å². The van der Waals surface area contributed by atoms with Crippen LogP contribution >= 0.6 is 0 Å². The average molecular weight is 274 g/mol. The second kappa shape index (κ2) is 5.07. The van der Waals surface area contributed by atoms with Crippen molar-refractivity contribution in [3.05, 3.63) is 42.1 Å². The number of ether oxygens (including phenoxy) is 1. The van der Waals surface area contributed by atoms with Crippen molar-refractivity contribution in [2.75, 3.05) is 7.11 Å². The fourth-order valence-corrected chi connectivity index (χ4v) is 2.59. The summed E-state index contributed by atoms with van der Waals surface area (Å²) in [7, 11) is 1.40. The number of esters is 1. The molecule has 3 rings (SSSR count). The summed E-state index contributed by atoms with van der Waals surface area (Å²) in [5.74, 6) is 0.174. The van der Waals surface area contributed by atoms with Crippen molar-refractivity contribution in [2.24, 2.45) is 5.92 Å². The van der Waals surface area contributed by atoms with Crippen LogP contribution in [0.1, 0.15) is 12.2 Å². The first-order chi connectivity index (χ1) is 9.69. The van der Waals surface area contributed by atoms with E-state index in [2.05, 4.69) is 4.98 Å². The Morgan fingerprint density at radius 3 is 3.00 bits per heavy atom. The Bertz CT molecular complexity index is 651. The number of aryl methyl sites for hydroxylation is 1. The molecule has 4 nitrogen and oxygen atoms in total. The monoisotopic (exact) mass is 274 g/mol. The molecule has 2 aromatic rings. The summed E-state index contributed by atoms with van der Waals surface area (Å²) in [5.41, 5.74) is 1.10. The highest BCUT2D eigenvalue weighted by Crippen LogP contribution is 2.27. The molecule has 0 radical (unpaired) electrons. The number of imidazole rings is 1. The van der Waals surface area contributed by atoms with E-state index in [4.69, 9.17) is 4.74 Å². The number of aromatic nitrogens is 2. The summed E-state index contributed by atoms with van der Waals surface area (Å²) in [4.78, 5) is 16.1. The van der Waals surface area contributed by atoms with E-state index < -0.39 is 0 Å². The van der Waals surface area contributed by atoms with Gasteiger partial charge in [0.1, 0.15) is 11.6 Å². The summed E-state index contributed by atoms with van der Waals surface area (Å²) in [5, 5.41) is 0. The van der Waals surface area contributed by atoms with Crippen molar-refractivity contribution in [3.63, 3.8) is 0 Å². The molecule has 1 atom stereocenters. The average Bonchev–Trinajstić information content (AvgIpc) is 2.89. The van der Waals surface area contributed by atoms with Gasteiger partial charge < -0.3 is 9.30 Å². The molecule has 1 aromatic carbocycles. The van der Waals surface area contributed by atoms with E-state index in [1.165, 1.54) is 13.2 Å². The van der Waals surface area contributed by atoms with Gasteiger partial charge in [0.25, 0.3) is 0 Å². The lowest BCUT2D eigenvalue weighted by molar-refractivity contribution is -0.146. The van der Waals surface area contributed by atoms with Gasteiger partial charge in [-0.1, -0.05) is 12.1 Å². The minimum absolute atomic E-state index is 0.150. The molecule has 5 heteroatoms. The molecule has 1 aliphatic rings. The van der Waals surface area contributed by atoms with Crippen molar-refractivity contribution in [2.45, 2.75) is 19.4 Å². The van der Waals surface area contributed by atoms with Crippen LogP contribution in [0.2, 0.25) is 0 Å². The van der Waals surface area contributed by atoms with Crippen LogP contribution in [-0.2, 0) is 22.5 Å². The van der Waals surface area contributed by atoms with E-state index in [1.54, 1.807) is 18.2 Å². The van der Waals surface area contributed by atoms with Crippen molar-refractivity contribution in [1.82, 2.24) is 9.55 Å². The Morgan fingerprint density at radius 1 is 1.45 bits per heavy atom. The maximum absolute atomic E-state index is 13.8. The molecule has 0 spiro atoms. The van der Waals surface area contributed by atoms with E-state index in [-0.39, 0.29) is 17.7 Å². The molecule has 0 saturated heterocycles. The number of carbonyl (C=O) groups is 1. The second-order valence-electron chi connectivity index (χ2n) is 4.93. The van der Waals surface area contributed by atoms with Crippen LogP contribution in [0.3, 0.4) is 0 Å². The van der Waals surface area contributed by atoms with Crippen LogP contribution in [0.25, 0.3) is 11.3 Å². The number of carbonyl (C=O) groups excluding carboxylic acids is 1. The lowest BCUT2D eigenvalue weighted by Gasteiger charge is -2.20. The van der Waals surface area contributed by atoms with Gasteiger partial charge in [0.05, 0.1) is 18.7 Å². The smallest absolute Gasteiger partial charge is 0.309 e. The number of methoxy groups -OCH3 is 1. The number of benzene rings is 1. The third-order valence-corrected chi connectivity index (χ3v) is 3.69. The molecule has 0 aliphatic carbocycles. The molecule has 1 aromatic heterocycles. The van der Waals surface area contributed by atoms with Crippen LogP contribution in [-0.4, -0.2) is 22.6 Å². The van der Waals surface area contributed by atoms with Gasteiger partial charge in [-0.25, -0.2) is 9.37 Å². The van der Waals surface area contributed by atoms with Crippen LogP contribution in [0, 0.1) is 11.7 Å². The predicted molar refractivity (Wildman–Crippen MR) is 71.4 cm³/mol. The number of nitrogens with zero attached hydrogens (tertiary/aromatic N) is 2. The zero-order valence-electron chi connectivity index (χ0n) is 11.2. The van der Waals surface area contributed by atoms with Crippen molar-refractivity contribution in [1.29, 1.82) is 0 Å². The molecule has 0 N–H and O–H groups in total. The summed E-state index contributed by atoms with van der Waals surface area (Å²) < 4.78 is 20.5. The lowest BCUT2D eigenvalue weighted by atomic mass is 9.98. The Morgan fingerprint density at radius 2 is 2.25 bits per heavy atom. The van der Waals surface area contributed by atoms with E-state index in [1.807, 2.05) is 10.8 Å². The number of hydrogen-bond donors (Lipinski definition) is 0. The molecule has 20 heavy (non-hydrogen) atoms. The maximum Gasteiger partial charge on any atom is 0.309 e. The maximum atomic E-state index is 13.8. The fourth-order valence-electron chi connectivity index (χ4n) is 2.59. The first-order valence-corrected chi connectivity index (χ1v) is 6.58. The third-order valence-electron chi connectivity index (χ3n) is 3.69. The third kappa shape index (κ3) is 2.19. The summed E-state index contributed by atoms with van der Waals surface area (Å²) in [6.45, 7) is 0.705.